The molecule has 162 valence electrons. The van der Waals surface area contributed by atoms with Crippen molar-refractivity contribution in [3.05, 3.63) is 68.4 Å². The number of nitrogens with zero attached hydrogens (tertiary/aromatic N) is 4. The second-order valence-electron chi connectivity index (χ2n) is 7.86. The van der Waals surface area contributed by atoms with Crippen LogP contribution in [0.25, 0.3) is 0 Å². The number of aromatic nitrogens is 1. The fourth-order valence-corrected chi connectivity index (χ4v) is 4.91. The van der Waals surface area contributed by atoms with Gasteiger partial charge in [-0.3, -0.25) is 24.7 Å². The molecule has 2 aliphatic rings. The zero-order chi connectivity index (χ0) is 22.0. The van der Waals surface area contributed by atoms with E-state index in [4.69, 9.17) is 4.98 Å². The fraction of sp³-hybridized carbons (Fsp3) is 0.409. The van der Waals surface area contributed by atoms with Gasteiger partial charge in [0.2, 0.25) is 0 Å². The van der Waals surface area contributed by atoms with Crippen LogP contribution in [0.3, 0.4) is 0 Å². The van der Waals surface area contributed by atoms with Crippen LogP contribution in [0.5, 0.6) is 0 Å². The Kier molecular flexibility index (Phi) is 6.13. The molecule has 0 bridgehead atoms. The van der Waals surface area contributed by atoms with Crippen molar-refractivity contribution in [1.29, 1.82) is 0 Å². The maximum absolute atomic E-state index is 13.1. The summed E-state index contributed by atoms with van der Waals surface area (Å²) in [4.78, 5) is 45.0. The van der Waals surface area contributed by atoms with Crippen LogP contribution in [-0.4, -0.2) is 57.7 Å². The Morgan fingerprint density at radius 3 is 2.48 bits per heavy atom. The molecule has 0 unspecified atom stereocenters. The zero-order valence-electron chi connectivity index (χ0n) is 17.3. The third-order valence-electron chi connectivity index (χ3n) is 5.79. The van der Waals surface area contributed by atoms with Crippen molar-refractivity contribution in [1.82, 2.24) is 14.8 Å². The minimum atomic E-state index is -0.478. The molecule has 1 saturated heterocycles. The number of likely N-dealkylation sites (tertiary alicyclic amines) is 1. The topological polar surface area (TPSA) is 96.7 Å². The number of pyridine rings is 1. The Morgan fingerprint density at radius 1 is 1.06 bits per heavy atom. The van der Waals surface area contributed by atoms with Crippen molar-refractivity contribution in [3.63, 3.8) is 0 Å². The standard InChI is InChI=1S/C22H24N4O4S/c1-15-5-6-17(21(27)24-11-3-2-4-12-24)20(23-15)16-9-13-25(14-10-16)22(28)18-7-8-19(31-18)26(29)30/h2-3,5-8,16H,4,9-14H2,1H3. The van der Waals surface area contributed by atoms with Crippen LogP contribution >= 0.6 is 11.3 Å². The van der Waals surface area contributed by atoms with Gasteiger partial charge in [-0.15, -0.1) is 0 Å². The second-order valence-corrected chi connectivity index (χ2v) is 8.92. The molecule has 0 atom stereocenters. The number of carbonyl (C=O) groups is 2. The van der Waals surface area contributed by atoms with Gasteiger partial charge in [-0.25, -0.2) is 0 Å². The summed E-state index contributed by atoms with van der Waals surface area (Å²) in [7, 11) is 0. The third-order valence-corrected chi connectivity index (χ3v) is 6.82. The molecule has 0 N–H and O–H groups in total. The predicted molar refractivity (Wildman–Crippen MR) is 117 cm³/mol. The largest absolute Gasteiger partial charge is 0.338 e. The van der Waals surface area contributed by atoms with Crippen molar-refractivity contribution in [2.75, 3.05) is 26.2 Å². The third kappa shape index (κ3) is 4.51. The van der Waals surface area contributed by atoms with Gasteiger partial charge in [0, 0.05) is 43.9 Å². The number of carbonyl (C=O) groups excluding carboxylic acids is 2. The summed E-state index contributed by atoms with van der Waals surface area (Å²) in [6.07, 6.45) is 6.38. The van der Waals surface area contributed by atoms with Gasteiger partial charge in [0.15, 0.2) is 0 Å². The molecule has 4 rings (SSSR count). The first-order valence-corrected chi connectivity index (χ1v) is 11.2. The molecule has 0 saturated carbocycles. The van der Waals surface area contributed by atoms with Crippen molar-refractivity contribution in [2.45, 2.75) is 32.1 Å². The highest BCUT2D eigenvalue weighted by Crippen LogP contribution is 2.32. The van der Waals surface area contributed by atoms with Crippen LogP contribution in [0.1, 0.15) is 56.6 Å². The van der Waals surface area contributed by atoms with E-state index >= 15 is 0 Å². The fourth-order valence-electron chi connectivity index (χ4n) is 4.12. The number of amides is 2. The number of rotatable bonds is 4. The van der Waals surface area contributed by atoms with E-state index in [1.165, 1.54) is 12.1 Å². The van der Waals surface area contributed by atoms with Crippen molar-refractivity contribution in [2.24, 2.45) is 0 Å². The molecule has 0 radical (unpaired) electrons. The van der Waals surface area contributed by atoms with Gasteiger partial charge < -0.3 is 9.80 Å². The molecule has 2 aromatic heterocycles. The van der Waals surface area contributed by atoms with E-state index < -0.39 is 4.92 Å². The van der Waals surface area contributed by atoms with E-state index in [0.717, 1.165) is 29.1 Å². The van der Waals surface area contributed by atoms with E-state index in [0.29, 0.717) is 49.5 Å². The summed E-state index contributed by atoms with van der Waals surface area (Å²) in [5, 5.41) is 10.9. The predicted octanol–water partition coefficient (Wildman–Crippen LogP) is 3.78. The SMILES string of the molecule is Cc1ccc(C(=O)N2CC=CCC2)c(C2CCN(C(=O)c3ccc([N+](=O)[O-])s3)CC2)n1. The Morgan fingerprint density at radius 2 is 1.84 bits per heavy atom. The highest BCUT2D eigenvalue weighted by Gasteiger charge is 2.30. The molecule has 0 aliphatic carbocycles. The minimum Gasteiger partial charge on any atom is -0.338 e. The first-order valence-electron chi connectivity index (χ1n) is 10.4. The maximum atomic E-state index is 13.1. The number of aryl methyl sites for hydroxylation is 1. The van der Waals surface area contributed by atoms with Crippen molar-refractivity contribution in [3.8, 4) is 0 Å². The van der Waals surface area contributed by atoms with Crippen molar-refractivity contribution >= 4 is 28.2 Å². The van der Waals surface area contributed by atoms with Crippen LogP contribution < -0.4 is 0 Å². The first kappa shape index (κ1) is 21.2. The molecule has 2 aromatic rings. The number of thiophene rings is 1. The molecular weight excluding hydrogens is 416 g/mol. The highest BCUT2D eigenvalue weighted by atomic mass is 32.1. The quantitative estimate of drug-likeness (QED) is 0.409. The molecule has 31 heavy (non-hydrogen) atoms. The van der Waals surface area contributed by atoms with Gasteiger partial charge in [-0.05, 0) is 44.4 Å². The van der Waals surface area contributed by atoms with Crippen LogP contribution in [0.2, 0.25) is 0 Å². The Balaban J connectivity index is 1.47. The summed E-state index contributed by atoms with van der Waals surface area (Å²) in [6.45, 7) is 4.31. The molecule has 1 fully saturated rings. The lowest BCUT2D eigenvalue weighted by atomic mass is 9.89. The van der Waals surface area contributed by atoms with Gasteiger partial charge in [-0.2, -0.15) is 0 Å². The maximum Gasteiger partial charge on any atom is 0.324 e. The average molecular weight is 441 g/mol. The van der Waals surface area contributed by atoms with E-state index in [9.17, 15) is 19.7 Å². The van der Waals surface area contributed by atoms with E-state index in [1.807, 2.05) is 30.0 Å². The number of hydrogen-bond acceptors (Lipinski definition) is 6. The Bertz CT molecular complexity index is 1040. The Labute approximate surface area is 184 Å². The van der Waals surface area contributed by atoms with Gasteiger partial charge in [-0.1, -0.05) is 23.5 Å². The van der Waals surface area contributed by atoms with Crippen LogP contribution in [0.4, 0.5) is 5.00 Å². The molecule has 9 heteroatoms. The lowest BCUT2D eigenvalue weighted by molar-refractivity contribution is -0.380. The lowest BCUT2D eigenvalue weighted by Crippen LogP contribution is -2.39. The monoisotopic (exact) mass is 440 g/mol. The zero-order valence-corrected chi connectivity index (χ0v) is 18.1. The average Bonchev–Trinajstić information content (AvgIpc) is 3.29. The van der Waals surface area contributed by atoms with E-state index in [-0.39, 0.29) is 22.7 Å². The van der Waals surface area contributed by atoms with Crippen molar-refractivity contribution < 1.29 is 14.5 Å². The summed E-state index contributed by atoms with van der Waals surface area (Å²) in [5.74, 6) is -0.0673. The molecule has 2 amide bonds. The minimum absolute atomic E-state index is 0.0104. The lowest BCUT2D eigenvalue weighted by Gasteiger charge is -2.33. The van der Waals surface area contributed by atoms with E-state index in [1.54, 1.807) is 4.90 Å². The molecule has 0 spiro atoms. The summed E-state index contributed by atoms with van der Waals surface area (Å²) < 4.78 is 0. The molecule has 4 heterocycles. The van der Waals surface area contributed by atoms with Gasteiger partial charge >= 0.3 is 5.00 Å². The number of nitro groups is 1. The summed E-state index contributed by atoms with van der Waals surface area (Å²) in [6, 6.07) is 6.64. The number of piperidine rings is 1. The van der Waals surface area contributed by atoms with E-state index in [2.05, 4.69) is 6.08 Å². The van der Waals surface area contributed by atoms with Gasteiger partial charge in [0.05, 0.1) is 21.1 Å². The van der Waals surface area contributed by atoms with Crippen LogP contribution in [0.15, 0.2) is 36.4 Å². The molecule has 0 aromatic carbocycles. The normalized spacial score (nSPS) is 17.1. The number of hydrogen-bond donors (Lipinski definition) is 0. The highest BCUT2D eigenvalue weighted by molar-refractivity contribution is 7.17. The Hall–Kier alpha value is -3.07. The molecule has 8 nitrogen and oxygen atoms in total. The molecule has 2 aliphatic heterocycles. The van der Waals surface area contributed by atoms with Crippen LogP contribution in [-0.2, 0) is 0 Å². The second kappa shape index (κ2) is 8.97. The van der Waals surface area contributed by atoms with Gasteiger partial charge in [0.1, 0.15) is 0 Å². The first-order chi connectivity index (χ1) is 14.9. The smallest absolute Gasteiger partial charge is 0.324 e. The molecular formula is C22H24N4O4S. The summed E-state index contributed by atoms with van der Waals surface area (Å²) >= 11 is 0.906. The van der Waals surface area contributed by atoms with Gasteiger partial charge in [0.25, 0.3) is 11.8 Å². The summed E-state index contributed by atoms with van der Waals surface area (Å²) in [5.41, 5.74) is 2.34. The van der Waals surface area contributed by atoms with Crippen LogP contribution in [0, 0.1) is 17.0 Å².